The molecule has 2 heterocycles. The van der Waals surface area contributed by atoms with Gasteiger partial charge in [-0.1, -0.05) is 31.3 Å². The summed E-state index contributed by atoms with van der Waals surface area (Å²) in [7, 11) is 0. The van der Waals surface area contributed by atoms with Gasteiger partial charge in [-0.05, 0) is 36.6 Å². The Morgan fingerprint density at radius 3 is 3.06 bits per heavy atom. The topological polar surface area (TPSA) is 37.0 Å². The molecule has 0 aliphatic carbocycles. The third kappa shape index (κ3) is 2.35. The van der Waals surface area contributed by atoms with Crippen LogP contribution in [0, 0.1) is 0 Å². The molecule has 0 saturated carbocycles. The molecule has 0 amide bonds. The van der Waals surface area contributed by atoms with Crippen molar-refractivity contribution in [1.82, 2.24) is 10.3 Å². The summed E-state index contributed by atoms with van der Waals surface area (Å²) in [5.74, 6) is 0.576. The summed E-state index contributed by atoms with van der Waals surface area (Å²) >= 11 is 1.77. The third-order valence-electron chi connectivity index (χ3n) is 3.47. The molecule has 0 bridgehead atoms. The van der Waals surface area contributed by atoms with Crippen molar-refractivity contribution in [2.45, 2.75) is 32.2 Å². The van der Waals surface area contributed by atoms with Crippen LogP contribution in [0.15, 0.2) is 18.2 Å². The first-order chi connectivity index (χ1) is 8.72. The molecule has 3 nitrogen and oxygen atoms in total. The van der Waals surface area contributed by atoms with Gasteiger partial charge in [0.15, 0.2) is 5.13 Å². The predicted molar refractivity (Wildman–Crippen MR) is 78.6 cm³/mol. The van der Waals surface area contributed by atoms with E-state index in [1.54, 1.807) is 11.3 Å². The lowest BCUT2D eigenvalue weighted by molar-refractivity contribution is 0.792. The van der Waals surface area contributed by atoms with E-state index in [0.29, 0.717) is 12.0 Å². The molecule has 18 heavy (non-hydrogen) atoms. The van der Waals surface area contributed by atoms with Gasteiger partial charge < -0.3 is 10.6 Å². The molecule has 1 saturated heterocycles. The van der Waals surface area contributed by atoms with Crippen LogP contribution in [0.5, 0.6) is 0 Å². The first-order valence-corrected chi connectivity index (χ1v) is 7.42. The number of hydrogen-bond donors (Lipinski definition) is 2. The fourth-order valence-corrected chi connectivity index (χ4v) is 3.31. The van der Waals surface area contributed by atoms with Crippen LogP contribution >= 0.6 is 11.3 Å². The summed E-state index contributed by atoms with van der Waals surface area (Å²) in [5, 5.41) is 7.94. The highest BCUT2D eigenvalue weighted by Crippen LogP contribution is 2.29. The molecule has 1 fully saturated rings. The largest absolute Gasteiger partial charge is 0.357 e. The Labute approximate surface area is 112 Å². The van der Waals surface area contributed by atoms with Crippen molar-refractivity contribution < 1.29 is 0 Å². The standard InChI is InChI=1S/C14H19N3S/c1-9(2)10-3-4-12-13(7-10)18-14(17-12)16-11-5-6-15-8-11/h3-4,7,9,11,15H,5-6,8H2,1-2H3,(H,16,17). The van der Waals surface area contributed by atoms with E-state index in [1.165, 1.54) is 16.7 Å². The van der Waals surface area contributed by atoms with Crippen molar-refractivity contribution in [1.29, 1.82) is 0 Å². The average molecular weight is 261 g/mol. The molecule has 4 heteroatoms. The number of hydrogen-bond acceptors (Lipinski definition) is 4. The molecule has 0 spiro atoms. The highest BCUT2D eigenvalue weighted by molar-refractivity contribution is 7.22. The number of anilines is 1. The molecular weight excluding hydrogens is 242 g/mol. The van der Waals surface area contributed by atoms with Gasteiger partial charge in [-0.15, -0.1) is 0 Å². The second-order valence-electron chi connectivity index (χ2n) is 5.23. The monoisotopic (exact) mass is 261 g/mol. The summed E-state index contributed by atoms with van der Waals surface area (Å²) in [6, 6.07) is 7.14. The van der Waals surface area contributed by atoms with Crippen molar-refractivity contribution in [2.24, 2.45) is 0 Å². The molecule has 1 atom stereocenters. The number of aromatic nitrogens is 1. The zero-order valence-electron chi connectivity index (χ0n) is 10.9. The van der Waals surface area contributed by atoms with Crippen LogP contribution in [0.4, 0.5) is 5.13 Å². The smallest absolute Gasteiger partial charge is 0.184 e. The van der Waals surface area contributed by atoms with E-state index >= 15 is 0 Å². The van der Waals surface area contributed by atoms with Crippen molar-refractivity contribution >= 4 is 26.7 Å². The van der Waals surface area contributed by atoms with Crippen LogP contribution in [0.3, 0.4) is 0 Å². The molecule has 1 aliphatic heterocycles. The van der Waals surface area contributed by atoms with E-state index in [0.717, 1.165) is 23.7 Å². The maximum absolute atomic E-state index is 4.66. The molecule has 1 aliphatic rings. The number of fused-ring (bicyclic) bond motifs is 1. The van der Waals surface area contributed by atoms with E-state index in [2.05, 4.69) is 47.7 Å². The van der Waals surface area contributed by atoms with Crippen molar-refractivity contribution in [3.63, 3.8) is 0 Å². The van der Waals surface area contributed by atoms with Crippen LogP contribution in [-0.2, 0) is 0 Å². The third-order valence-corrected chi connectivity index (χ3v) is 4.42. The average Bonchev–Trinajstić information content (AvgIpc) is 2.96. The van der Waals surface area contributed by atoms with E-state index in [9.17, 15) is 0 Å². The zero-order valence-corrected chi connectivity index (χ0v) is 11.7. The molecular formula is C14H19N3S. The van der Waals surface area contributed by atoms with E-state index in [1.807, 2.05) is 0 Å². The number of benzene rings is 1. The van der Waals surface area contributed by atoms with Gasteiger partial charge in [-0.3, -0.25) is 0 Å². The van der Waals surface area contributed by atoms with Gasteiger partial charge in [-0.25, -0.2) is 4.98 Å². The number of nitrogens with one attached hydrogen (secondary N) is 2. The highest BCUT2D eigenvalue weighted by atomic mass is 32.1. The molecule has 1 unspecified atom stereocenters. The van der Waals surface area contributed by atoms with Gasteiger partial charge >= 0.3 is 0 Å². The lowest BCUT2D eigenvalue weighted by Crippen LogP contribution is -2.21. The lowest BCUT2D eigenvalue weighted by Gasteiger charge is -2.08. The molecule has 2 aromatic rings. The minimum atomic E-state index is 0.537. The minimum Gasteiger partial charge on any atom is -0.357 e. The Morgan fingerprint density at radius 1 is 1.44 bits per heavy atom. The molecule has 2 N–H and O–H groups in total. The normalized spacial score (nSPS) is 19.8. The summed E-state index contributed by atoms with van der Waals surface area (Å²) in [4.78, 5) is 4.66. The molecule has 1 aromatic heterocycles. The highest BCUT2D eigenvalue weighted by Gasteiger charge is 2.15. The van der Waals surface area contributed by atoms with Crippen molar-refractivity contribution in [3.8, 4) is 0 Å². The first kappa shape index (κ1) is 11.9. The molecule has 3 rings (SSSR count). The van der Waals surface area contributed by atoms with Crippen molar-refractivity contribution in [2.75, 3.05) is 18.4 Å². The van der Waals surface area contributed by atoms with Gasteiger partial charge in [0.25, 0.3) is 0 Å². The Kier molecular flexibility index (Phi) is 3.22. The van der Waals surface area contributed by atoms with Gasteiger partial charge in [0.2, 0.25) is 0 Å². The molecule has 96 valence electrons. The maximum atomic E-state index is 4.66. The SMILES string of the molecule is CC(C)c1ccc2nc(NC3CCNC3)sc2c1. The second-order valence-corrected chi connectivity index (χ2v) is 6.27. The fourth-order valence-electron chi connectivity index (χ4n) is 2.31. The van der Waals surface area contributed by atoms with Crippen LogP contribution < -0.4 is 10.6 Å². The van der Waals surface area contributed by atoms with Gasteiger partial charge in [0, 0.05) is 12.6 Å². The summed E-state index contributed by atoms with van der Waals surface area (Å²) in [5.41, 5.74) is 2.50. The maximum Gasteiger partial charge on any atom is 0.184 e. The van der Waals surface area contributed by atoms with E-state index in [-0.39, 0.29) is 0 Å². The van der Waals surface area contributed by atoms with Gasteiger partial charge in [0.1, 0.15) is 0 Å². The Hall–Kier alpha value is -1.13. The Balaban J connectivity index is 1.85. The van der Waals surface area contributed by atoms with Crippen molar-refractivity contribution in [3.05, 3.63) is 23.8 Å². The fraction of sp³-hybridized carbons (Fsp3) is 0.500. The zero-order chi connectivity index (χ0) is 12.5. The molecule has 0 radical (unpaired) electrons. The van der Waals surface area contributed by atoms with Gasteiger partial charge in [-0.2, -0.15) is 0 Å². The predicted octanol–water partition coefficient (Wildman–Crippen LogP) is 3.19. The number of rotatable bonds is 3. The quantitative estimate of drug-likeness (QED) is 0.891. The summed E-state index contributed by atoms with van der Waals surface area (Å²) in [6.07, 6.45) is 1.19. The lowest BCUT2D eigenvalue weighted by atomic mass is 10.0. The summed E-state index contributed by atoms with van der Waals surface area (Å²) in [6.45, 7) is 6.62. The number of thiazole rings is 1. The Bertz CT molecular complexity index is 541. The summed E-state index contributed by atoms with van der Waals surface area (Å²) < 4.78 is 1.29. The van der Waals surface area contributed by atoms with Crippen LogP contribution in [0.1, 0.15) is 31.7 Å². The second kappa shape index (κ2) is 4.86. The van der Waals surface area contributed by atoms with Gasteiger partial charge in [0.05, 0.1) is 10.2 Å². The van der Waals surface area contributed by atoms with Crippen LogP contribution in [0.25, 0.3) is 10.2 Å². The molecule has 1 aromatic carbocycles. The van der Waals surface area contributed by atoms with Crippen LogP contribution in [0.2, 0.25) is 0 Å². The first-order valence-electron chi connectivity index (χ1n) is 6.60. The van der Waals surface area contributed by atoms with Crippen LogP contribution in [-0.4, -0.2) is 24.1 Å². The van der Waals surface area contributed by atoms with E-state index < -0.39 is 0 Å². The minimum absolute atomic E-state index is 0.537. The number of nitrogens with zero attached hydrogens (tertiary/aromatic N) is 1. The Morgan fingerprint density at radius 2 is 2.33 bits per heavy atom. The van der Waals surface area contributed by atoms with E-state index in [4.69, 9.17) is 0 Å².